The van der Waals surface area contributed by atoms with Gasteiger partial charge in [-0.05, 0) is 131 Å². The molecule has 5 aliphatic rings. The number of hydrogen-bond acceptors (Lipinski definition) is 9. The highest BCUT2D eigenvalue weighted by Gasteiger charge is 2.45. The lowest BCUT2D eigenvalue weighted by Crippen LogP contribution is -2.35. The molecule has 378 valence electrons. The maximum atomic E-state index is 13.5. The third-order valence-corrected chi connectivity index (χ3v) is 16.0. The van der Waals surface area contributed by atoms with Gasteiger partial charge in [0.25, 0.3) is 0 Å². The number of nitrogens with zero attached hydrogens (tertiary/aromatic N) is 3. The molecule has 0 saturated heterocycles. The Hall–Kier alpha value is -4.68. The largest absolute Gasteiger partial charge is 0.473 e. The van der Waals surface area contributed by atoms with Crippen molar-refractivity contribution >= 4 is 23.0 Å². The van der Waals surface area contributed by atoms with Crippen LogP contribution in [0, 0.1) is 42.9 Å². The SMILES string of the molecule is CC1=C(c2ccc(CNC(=O)C3CC(O)CC3C[C@@H](CC(=O)COCCOCCOCCCCCC3CC4N=C(c5ccc(C)cc5)C5C(C)=C(C)CC5n5c(C)nc(c54)O3)C(C)(C)C)cc2)CC=C1. The predicted molar refractivity (Wildman–Crippen MR) is 277 cm³/mol. The van der Waals surface area contributed by atoms with E-state index in [2.05, 4.69) is 126 Å². The maximum Gasteiger partial charge on any atom is 0.237 e. The molecular weight excluding hydrogens is 877 g/mol. The van der Waals surface area contributed by atoms with Gasteiger partial charge in [0, 0.05) is 37.8 Å². The number of unbranched alkanes of at least 4 members (excludes halogenated alkanes) is 2. The van der Waals surface area contributed by atoms with Crippen LogP contribution < -0.4 is 10.1 Å². The Morgan fingerprint density at radius 3 is 2.30 bits per heavy atom. The number of ether oxygens (including phenoxy) is 4. The van der Waals surface area contributed by atoms with Gasteiger partial charge in [-0.25, -0.2) is 0 Å². The number of carbonyl (C=O) groups is 2. The molecule has 0 radical (unpaired) electrons. The lowest BCUT2D eigenvalue weighted by Gasteiger charge is -2.34. The second-order valence-corrected chi connectivity index (χ2v) is 22.1. The molecule has 8 rings (SSSR count). The average molecular weight is 957 g/mol. The summed E-state index contributed by atoms with van der Waals surface area (Å²) in [6.45, 7) is 20.3. The zero-order valence-corrected chi connectivity index (χ0v) is 43.4. The molecule has 3 heterocycles. The quantitative estimate of drug-likeness (QED) is 0.0709. The van der Waals surface area contributed by atoms with Crippen LogP contribution in [-0.4, -0.2) is 83.9 Å². The number of nitrogens with one attached hydrogen (secondary N) is 1. The second-order valence-electron chi connectivity index (χ2n) is 22.1. The van der Waals surface area contributed by atoms with Crippen LogP contribution >= 0.6 is 0 Å². The van der Waals surface area contributed by atoms with E-state index in [1.807, 2.05) is 0 Å². The summed E-state index contributed by atoms with van der Waals surface area (Å²) < 4.78 is 26.5. The molecule has 11 heteroatoms. The van der Waals surface area contributed by atoms with Crippen LogP contribution in [0.1, 0.15) is 158 Å². The zero-order valence-electron chi connectivity index (χ0n) is 43.4. The smallest absolute Gasteiger partial charge is 0.237 e. The van der Waals surface area contributed by atoms with Gasteiger partial charge < -0.3 is 33.9 Å². The first-order chi connectivity index (χ1) is 33.6. The summed E-state index contributed by atoms with van der Waals surface area (Å²) in [6, 6.07) is 17.6. The first-order valence-electron chi connectivity index (χ1n) is 26.4. The molecule has 3 aliphatic carbocycles. The lowest BCUT2D eigenvalue weighted by molar-refractivity contribution is -0.127. The number of hydrogen-bond donors (Lipinski definition) is 2. The third-order valence-electron chi connectivity index (χ3n) is 16.0. The Labute approximate surface area is 417 Å². The average Bonchev–Trinajstić information content (AvgIpc) is 4.07. The summed E-state index contributed by atoms with van der Waals surface area (Å²) in [6.07, 6.45) is 12.9. The van der Waals surface area contributed by atoms with Crippen LogP contribution in [-0.2, 0) is 30.3 Å². The summed E-state index contributed by atoms with van der Waals surface area (Å²) in [5.74, 6) is 1.84. The highest BCUT2D eigenvalue weighted by molar-refractivity contribution is 6.05. The number of aliphatic imine (C=N–C) groups is 1. The van der Waals surface area contributed by atoms with E-state index in [4.69, 9.17) is 28.9 Å². The Balaban J connectivity index is 0.692. The van der Waals surface area contributed by atoms with Crippen molar-refractivity contribution < 1.29 is 33.6 Å². The van der Waals surface area contributed by atoms with Gasteiger partial charge in [0.1, 0.15) is 24.2 Å². The van der Waals surface area contributed by atoms with Crippen molar-refractivity contribution in [2.45, 2.75) is 157 Å². The number of fused-ring (bicyclic) bond motifs is 2. The topological polar surface area (TPSA) is 134 Å². The van der Waals surface area contributed by atoms with Crippen LogP contribution in [0.2, 0.25) is 0 Å². The van der Waals surface area contributed by atoms with Crippen LogP contribution in [0.4, 0.5) is 0 Å². The van der Waals surface area contributed by atoms with Crippen molar-refractivity contribution in [3.8, 4) is 5.88 Å². The van der Waals surface area contributed by atoms with E-state index in [-0.39, 0.29) is 65.6 Å². The lowest BCUT2D eigenvalue weighted by atomic mass is 9.71. The van der Waals surface area contributed by atoms with Gasteiger partial charge in [-0.15, -0.1) is 0 Å². The van der Waals surface area contributed by atoms with E-state index in [0.717, 1.165) is 67.9 Å². The van der Waals surface area contributed by atoms with Crippen LogP contribution in [0.25, 0.3) is 5.57 Å². The number of allylic oxidation sites excluding steroid dienone is 6. The summed E-state index contributed by atoms with van der Waals surface area (Å²) in [5.41, 5.74) is 12.5. The van der Waals surface area contributed by atoms with Gasteiger partial charge in [-0.1, -0.05) is 105 Å². The molecule has 0 spiro atoms. The first kappa shape index (κ1) is 51.7. The molecule has 1 saturated carbocycles. The van der Waals surface area contributed by atoms with Crippen LogP contribution in [0.5, 0.6) is 5.88 Å². The number of aliphatic hydroxyl groups is 1. The monoisotopic (exact) mass is 957 g/mol. The highest BCUT2D eigenvalue weighted by atomic mass is 16.5. The molecule has 11 nitrogen and oxygen atoms in total. The Bertz CT molecular complexity index is 2420. The molecular formula is C59H80N4O7. The molecule has 8 atom stereocenters. The molecule has 1 amide bonds. The van der Waals surface area contributed by atoms with Gasteiger partial charge in [-0.3, -0.25) is 14.6 Å². The van der Waals surface area contributed by atoms with E-state index in [1.54, 1.807) is 0 Å². The van der Waals surface area contributed by atoms with E-state index >= 15 is 0 Å². The number of benzene rings is 2. The minimum atomic E-state index is -0.514. The summed E-state index contributed by atoms with van der Waals surface area (Å²) >= 11 is 0. The number of carbonyl (C=O) groups excluding carboxylic acids is 2. The Morgan fingerprint density at radius 2 is 1.59 bits per heavy atom. The number of rotatable bonds is 23. The van der Waals surface area contributed by atoms with Gasteiger partial charge in [0.05, 0.1) is 50.3 Å². The standard InChI is InChI=1S/C59H80N4O7/c1-37-16-20-44(21-17-37)55-54-40(4)39(3)29-53(54)63-41(5)61-58-56(63)52(62-55)34-49(70-58)14-10-9-11-24-67-25-26-68-27-28-69-36-48(65)32-46(59(6,7)8)30-45-31-47(64)33-51(45)57(66)60-35-42-18-22-43(23-19-42)50-15-12-13-38(50)2/h12-13,16-23,45-47,49,51-54,64H,9-11,14-15,24-36H2,1-8H3,(H,60,66)/t45?,46-,47?,49?,51?,52?,53?,54?/m0/s1. The number of Topliss-reactive ketones (excluding diaryl/α,β-unsaturated/α-hetero) is 1. The van der Waals surface area contributed by atoms with Crippen molar-refractivity contribution in [1.82, 2.24) is 14.9 Å². The molecule has 2 N–H and O–H groups in total. The highest BCUT2D eigenvalue weighted by Crippen LogP contribution is 2.51. The summed E-state index contributed by atoms with van der Waals surface area (Å²) in [4.78, 5) is 37.3. The molecule has 70 heavy (non-hydrogen) atoms. The van der Waals surface area contributed by atoms with Crippen molar-refractivity contribution in [2.75, 3.05) is 39.6 Å². The Morgan fingerprint density at radius 1 is 0.871 bits per heavy atom. The molecule has 2 aromatic carbocycles. The number of aromatic nitrogens is 2. The normalized spacial score (nSPS) is 24.4. The van der Waals surface area contributed by atoms with E-state index in [1.165, 1.54) is 44.7 Å². The van der Waals surface area contributed by atoms with Crippen LogP contribution in [0.15, 0.2) is 82.4 Å². The van der Waals surface area contributed by atoms with Crippen molar-refractivity contribution in [2.24, 2.45) is 34.1 Å². The number of aryl methyl sites for hydroxylation is 2. The third kappa shape index (κ3) is 12.5. The Kier molecular flexibility index (Phi) is 17.2. The van der Waals surface area contributed by atoms with Gasteiger partial charge in [0.15, 0.2) is 5.78 Å². The molecule has 1 fully saturated rings. The first-order valence-corrected chi connectivity index (χ1v) is 26.4. The number of amides is 1. The zero-order chi connectivity index (χ0) is 49.5. The number of ketones is 1. The molecule has 1 aromatic heterocycles. The fourth-order valence-corrected chi connectivity index (χ4v) is 11.8. The van der Waals surface area contributed by atoms with E-state index in [0.29, 0.717) is 65.3 Å². The van der Waals surface area contributed by atoms with Gasteiger partial charge in [-0.2, -0.15) is 4.98 Å². The molecule has 0 bridgehead atoms. The van der Waals surface area contributed by atoms with Crippen molar-refractivity contribution in [1.29, 1.82) is 0 Å². The van der Waals surface area contributed by atoms with Crippen LogP contribution in [0.3, 0.4) is 0 Å². The summed E-state index contributed by atoms with van der Waals surface area (Å²) in [5, 5.41) is 13.8. The van der Waals surface area contributed by atoms with E-state index in [9.17, 15) is 14.7 Å². The molecule has 7 unspecified atom stereocenters. The number of aliphatic hydroxyl groups excluding tert-OH is 1. The minimum absolute atomic E-state index is 0.00941. The molecule has 3 aromatic rings. The van der Waals surface area contributed by atoms with Crippen molar-refractivity contribution in [3.05, 3.63) is 111 Å². The summed E-state index contributed by atoms with van der Waals surface area (Å²) in [7, 11) is 0. The van der Waals surface area contributed by atoms with E-state index < -0.39 is 6.10 Å². The van der Waals surface area contributed by atoms with Crippen molar-refractivity contribution in [3.63, 3.8) is 0 Å². The second kappa shape index (κ2) is 23.2. The number of imidazole rings is 1. The predicted octanol–water partition coefficient (Wildman–Crippen LogP) is 11.2. The fraction of sp³-hybridized carbons (Fsp3) is 0.593. The molecule has 2 aliphatic heterocycles. The fourth-order valence-electron chi connectivity index (χ4n) is 11.8. The maximum absolute atomic E-state index is 13.5. The van der Waals surface area contributed by atoms with Gasteiger partial charge in [0.2, 0.25) is 11.8 Å². The van der Waals surface area contributed by atoms with Gasteiger partial charge >= 0.3 is 0 Å². The minimum Gasteiger partial charge on any atom is -0.473 e.